The SMILES string of the molecule is CC.CC(C)C1(C(C)C)CCCCCN1. The van der Waals surface area contributed by atoms with Crippen molar-refractivity contribution in [1.82, 2.24) is 5.32 Å². The molecule has 1 nitrogen and oxygen atoms in total. The van der Waals surface area contributed by atoms with Crippen LogP contribution in [0, 0.1) is 11.8 Å². The third-order valence-electron chi connectivity index (χ3n) is 3.78. The normalized spacial score (nSPS) is 20.8. The van der Waals surface area contributed by atoms with E-state index in [1.807, 2.05) is 13.8 Å². The van der Waals surface area contributed by atoms with Crippen molar-refractivity contribution in [2.24, 2.45) is 11.8 Å². The summed E-state index contributed by atoms with van der Waals surface area (Å²) < 4.78 is 0. The topological polar surface area (TPSA) is 12.0 Å². The van der Waals surface area contributed by atoms with Gasteiger partial charge in [0.2, 0.25) is 0 Å². The molecule has 1 rings (SSSR count). The summed E-state index contributed by atoms with van der Waals surface area (Å²) in [6.45, 7) is 14.7. The molecule has 0 saturated carbocycles. The lowest BCUT2D eigenvalue weighted by Gasteiger charge is -2.42. The van der Waals surface area contributed by atoms with Gasteiger partial charge in [0.05, 0.1) is 0 Å². The van der Waals surface area contributed by atoms with Crippen LogP contribution >= 0.6 is 0 Å². The van der Waals surface area contributed by atoms with E-state index in [1.54, 1.807) is 0 Å². The second-order valence-corrected chi connectivity index (χ2v) is 5.09. The lowest BCUT2D eigenvalue weighted by atomic mass is 9.74. The van der Waals surface area contributed by atoms with E-state index in [2.05, 4.69) is 33.0 Å². The summed E-state index contributed by atoms with van der Waals surface area (Å²) in [5, 5.41) is 3.79. The smallest absolute Gasteiger partial charge is 0.0227 e. The monoisotopic (exact) mass is 213 g/mol. The zero-order chi connectivity index (χ0) is 11.9. The van der Waals surface area contributed by atoms with Gasteiger partial charge in [-0.05, 0) is 31.2 Å². The maximum Gasteiger partial charge on any atom is 0.0227 e. The van der Waals surface area contributed by atoms with Crippen LogP contribution in [0.1, 0.15) is 67.2 Å². The largest absolute Gasteiger partial charge is 0.311 e. The van der Waals surface area contributed by atoms with E-state index in [-0.39, 0.29) is 0 Å². The molecule has 15 heavy (non-hydrogen) atoms. The standard InChI is InChI=1S/C12H25N.C2H6/c1-10(2)12(11(3)4)8-6-5-7-9-13-12;1-2/h10-11,13H,5-9H2,1-4H3;1-2H3. The molecule has 0 aromatic rings. The molecule has 0 unspecified atom stereocenters. The van der Waals surface area contributed by atoms with Gasteiger partial charge in [-0.25, -0.2) is 0 Å². The molecule has 0 amide bonds. The number of hydrogen-bond donors (Lipinski definition) is 1. The van der Waals surface area contributed by atoms with Crippen molar-refractivity contribution in [1.29, 1.82) is 0 Å². The Labute approximate surface area is 97.0 Å². The third kappa shape index (κ3) is 3.79. The predicted octanol–water partition coefficient (Wildman–Crippen LogP) is 4.23. The quantitative estimate of drug-likeness (QED) is 0.724. The fraction of sp³-hybridized carbons (Fsp3) is 1.00. The highest BCUT2D eigenvalue weighted by atomic mass is 15.0. The van der Waals surface area contributed by atoms with Gasteiger partial charge in [-0.1, -0.05) is 54.4 Å². The minimum atomic E-state index is 0.413. The third-order valence-corrected chi connectivity index (χ3v) is 3.78. The summed E-state index contributed by atoms with van der Waals surface area (Å²) in [5.74, 6) is 1.51. The summed E-state index contributed by atoms with van der Waals surface area (Å²) in [5.41, 5.74) is 0.413. The molecular formula is C14H31N. The van der Waals surface area contributed by atoms with Gasteiger partial charge in [0.25, 0.3) is 0 Å². The predicted molar refractivity (Wildman–Crippen MR) is 70.2 cm³/mol. The van der Waals surface area contributed by atoms with Crippen LogP contribution in [-0.4, -0.2) is 12.1 Å². The van der Waals surface area contributed by atoms with Gasteiger partial charge in [-0.3, -0.25) is 0 Å². The van der Waals surface area contributed by atoms with Crippen LogP contribution in [0.15, 0.2) is 0 Å². The Hall–Kier alpha value is -0.0400. The van der Waals surface area contributed by atoms with E-state index in [0.717, 1.165) is 11.8 Å². The van der Waals surface area contributed by atoms with E-state index in [0.29, 0.717) is 5.54 Å². The highest BCUT2D eigenvalue weighted by Gasteiger charge is 2.36. The molecule has 0 radical (unpaired) electrons. The molecule has 1 heteroatoms. The molecule has 1 fully saturated rings. The average Bonchev–Trinajstić information content (AvgIpc) is 2.46. The Morgan fingerprint density at radius 1 is 0.867 bits per heavy atom. The first-order chi connectivity index (χ1) is 7.09. The number of hydrogen-bond acceptors (Lipinski definition) is 1. The molecule has 1 saturated heterocycles. The number of nitrogens with one attached hydrogen (secondary N) is 1. The molecule has 92 valence electrons. The Morgan fingerprint density at radius 3 is 1.87 bits per heavy atom. The van der Waals surface area contributed by atoms with Crippen molar-refractivity contribution in [3.05, 3.63) is 0 Å². The highest BCUT2D eigenvalue weighted by molar-refractivity contribution is 4.94. The Morgan fingerprint density at radius 2 is 1.40 bits per heavy atom. The van der Waals surface area contributed by atoms with Gasteiger partial charge in [-0.2, -0.15) is 0 Å². The second-order valence-electron chi connectivity index (χ2n) is 5.09. The zero-order valence-electron chi connectivity index (χ0n) is 11.7. The summed E-state index contributed by atoms with van der Waals surface area (Å²) in [4.78, 5) is 0. The first kappa shape index (κ1) is 15.0. The van der Waals surface area contributed by atoms with Gasteiger partial charge in [0, 0.05) is 5.54 Å². The number of rotatable bonds is 2. The fourth-order valence-corrected chi connectivity index (χ4v) is 2.78. The van der Waals surface area contributed by atoms with Crippen LogP contribution in [0.25, 0.3) is 0 Å². The molecule has 0 aliphatic carbocycles. The first-order valence-corrected chi connectivity index (χ1v) is 6.84. The van der Waals surface area contributed by atoms with E-state index >= 15 is 0 Å². The average molecular weight is 213 g/mol. The van der Waals surface area contributed by atoms with Crippen LogP contribution in [0.3, 0.4) is 0 Å². The highest BCUT2D eigenvalue weighted by Crippen LogP contribution is 2.33. The van der Waals surface area contributed by atoms with Crippen LogP contribution in [0.2, 0.25) is 0 Å². The Kier molecular flexibility index (Phi) is 7.25. The van der Waals surface area contributed by atoms with E-state index < -0.39 is 0 Å². The van der Waals surface area contributed by atoms with Crippen molar-refractivity contribution < 1.29 is 0 Å². The fourth-order valence-electron chi connectivity index (χ4n) is 2.78. The molecule has 0 aromatic carbocycles. The van der Waals surface area contributed by atoms with Crippen LogP contribution in [0.4, 0.5) is 0 Å². The molecule has 0 atom stereocenters. The van der Waals surface area contributed by atoms with Gasteiger partial charge in [0.15, 0.2) is 0 Å². The Bertz CT molecular complexity index is 131. The maximum atomic E-state index is 3.79. The molecule has 1 aliphatic heterocycles. The molecule has 1 aliphatic rings. The second kappa shape index (κ2) is 7.27. The first-order valence-electron chi connectivity index (χ1n) is 6.84. The summed E-state index contributed by atoms with van der Waals surface area (Å²) in [7, 11) is 0. The Balaban J connectivity index is 0.000000921. The summed E-state index contributed by atoms with van der Waals surface area (Å²) in [6, 6.07) is 0. The van der Waals surface area contributed by atoms with Gasteiger partial charge in [-0.15, -0.1) is 0 Å². The van der Waals surface area contributed by atoms with Crippen molar-refractivity contribution in [2.45, 2.75) is 72.8 Å². The van der Waals surface area contributed by atoms with E-state index in [9.17, 15) is 0 Å². The van der Waals surface area contributed by atoms with Gasteiger partial charge >= 0.3 is 0 Å². The molecular weight excluding hydrogens is 182 g/mol. The molecule has 0 spiro atoms. The van der Waals surface area contributed by atoms with Gasteiger partial charge in [0.1, 0.15) is 0 Å². The van der Waals surface area contributed by atoms with Crippen LogP contribution in [-0.2, 0) is 0 Å². The van der Waals surface area contributed by atoms with Crippen molar-refractivity contribution in [2.75, 3.05) is 6.54 Å². The maximum absolute atomic E-state index is 3.79. The van der Waals surface area contributed by atoms with Crippen LogP contribution < -0.4 is 5.32 Å². The van der Waals surface area contributed by atoms with E-state index in [4.69, 9.17) is 0 Å². The zero-order valence-corrected chi connectivity index (χ0v) is 11.7. The van der Waals surface area contributed by atoms with Gasteiger partial charge < -0.3 is 5.32 Å². The van der Waals surface area contributed by atoms with Crippen LogP contribution in [0.5, 0.6) is 0 Å². The molecule has 1 N–H and O–H groups in total. The minimum Gasteiger partial charge on any atom is -0.311 e. The molecule has 0 aromatic heterocycles. The van der Waals surface area contributed by atoms with Crippen molar-refractivity contribution in [3.8, 4) is 0 Å². The lowest BCUT2D eigenvalue weighted by molar-refractivity contribution is 0.158. The van der Waals surface area contributed by atoms with E-state index in [1.165, 1.54) is 32.2 Å². The minimum absolute atomic E-state index is 0.413. The summed E-state index contributed by atoms with van der Waals surface area (Å²) >= 11 is 0. The molecule has 1 heterocycles. The summed E-state index contributed by atoms with van der Waals surface area (Å²) in [6.07, 6.45) is 5.54. The van der Waals surface area contributed by atoms with Crippen molar-refractivity contribution in [3.63, 3.8) is 0 Å². The molecule has 0 bridgehead atoms. The van der Waals surface area contributed by atoms with Crippen molar-refractivity contribution >= 4 is 0 Å². The lowest BCUT2D eigenvalue weighted by Crippen LogP contribution is -2.53.